The maximum atomic E-state index is 11.8. The van der Waals surface area contributed by atoms with Crippen LogP contribution in [0.5, 0.6) is 0 Å². The van der Waals surface area contributed by atoms with Crippen LogP contribution < -0.4 is 5.32 Å². The lowest BCUT2D eigenvalue weighted by atomic mass is 10.2. The number of nitriles is 1. The molecule has 1 aromatic carbocycles. The van der Waals surface area contributed by atoms with Crippen molar-refractivity contribution < 1.29 is 4.79 Å². The number of nitrogens with zero attached hydrogens (tertiary/aromatic N) is 3. The maximum absolute atomic E-state index is 11.8. The van der Waals surface area contributed by atoms with E-state index in [2.05, 4.69) is 10.4 Å². The number of thioether (sulfide) groups is 1. The zero-order valence-corrected chi connectivity index (χ0v) is 11.1. The van der Waals surface area contributed by atoms with Crippen LogP contribution in [0.3, 0.4) is 0 Å². The second-order valence-electron chi connectivity index (χ2n) is 3.84. The first-order valence-electron chi connectivity index (χ1n) is 5.59. The summed E-state index contributed by atoms with van der Waals surface area (Å²) in [6.07, 6.45) is 3.56. The summed E-state index contributed by atoms with van der Waals surface area (Å²) in [4.78, 5) is 12.7. The highest BCUT2D eigenvalue weighted by Gasteiger charge is 2.07. The van der Waals surface area contributed by atoms with E-state index in [0.29, 0.717) is 11.3 Å². The molecule has 0 aliphatic rings. The van der Waals surface area contributed by atoms with Crippen LogP contribution in [-0.2, 0) is 11.8 Å². The van der Waals surface area contributed by atoms with E-state index in [9.17, 15) is 4.79 Å². The highest BCUT2D eigenvalue weighted by atomic mass is 32.2. The molecule has 0 unspecified atom stereocenters. The zero-order chi connectivity index (χ0) is 13.7. The quantitative estimate of drug-likeness (QED) is 0.864. The van der Waals surface area contributed by atoms with Gasteiger partial charge in [-0.15, -0.1) is 11.8 Å². The van der Waals surface area contributed by atoms with Crippen molar-refractivity contribution in [1.29, 1.82) is 5.26 Å². The molecule has 19 heavy (non-hydrogen) atoms. The first kappa shape index (κ1) is 13.2. The number of hydrogen-bond acceptors (Lipinski definition) is 4. The molecule has 0 spiro atoms. The number of rotatable bonds is 4. The van der Waals surface area contributed by atoms with Crippen molar-refractivity contribution in [2.24, 2.45) is 7.05 Å². The summed E-state index contributed by atoms with van der Waals surface area (Å²) in [6.45, 7) is 0. The highest BCUT2D eigenvalue weighted by molar-refractivity contribution is 8.00. The second-order valence-corrected chi connectivity index (χ2v) is 4.89. The number of aromatic nitrogens is 2. The number of para-hydroxylation sites is 1. The smallest absolute Gasteiger partial charge is 0.234 e. The number of amides is 1. The van der Waals surface area contributed by atoms with Crippen LogP contribution >= 0.6 is 11.8 Å². The molecule has 1 heterocycles. The Morgan fingerprint density at radius 1 is 1.53 bits per heavy atom. The van der Waals surface area contributed by atoms with Gasteiger partial charge >= 0.3 is 0 Å². The molecule has 1 aromatic heterocycles. The molecule has 2 aromatic rings. The fourth-order valence-corrected chi connectivity index (χ4v) is 2.22. The molecule has 96 valence electrons. The molecular weight excluding hydrogens is 260 g/mol. The van der Waals surface area contributed by atoms with Gasteiger partial charge in [-0.1, -0.05) is 12.1 Å². The van der Waals surface area contributed by atoms with Crippen LogP contribution in [0, 0.1) is 11.3 Å². The monoisotopic (exact) mass is 272 g/mol. The van der Waals surface area contributed by atoms with Crippen LogP contribution in [0.1, 0.15) is 5.56 Å². The number of nitrogens with one attached hydrogen (secondary N) is 1. The lowest BCUT2D eigenvalue weighted by Gasteiger charge is -2.05. The van der Waals surface area contributed by atoms with Gasteiger partial charge in [0.05, 0.1) is 23.2 Å². The number of carbonyl (C=O) groups is 1. The van der Waals surface area contributed by atoms with E-state index in [0.717, 1.165) is 4.90 Å². The van der Waals surface area contributed by atoms with Crippen molar-refractivity contribution in [3.63, 3.8) is 0 Å². The van der Waals surface area contributed by atoms with Crippen molar-refractivity contribution >= 4 is 23.4 Å². The highest BCUT2D eigenvalue weighted by Crippen LogP contribution is 2.18. The number of hydrogen-bond donors (Lipinski definition) is 1. The van der Waals surface area contributed by atoms with Crippen LogP contribution in [-0.4, -0.2) is 21.4 Å². The molecule has 0 saturated carbocycles. The Balaban J connectivity index is 1.93. The van der Waals surface area contributed by atoms with Gasteiger partial charge in [0.2, 0.25) is 5.91 Å². The number of anilines is 1. The van der Waals surface area contributed by atoms with Gasteiger partial charge in [0.15, 0.2) is 0 Å². The second kappa shape index (κ2) is 6.07. The predicted molar refractivity (Wildman–Crippen MR) is 73.7 cm³/mol. The van der Waals surface area contributed by atoms with Gasteiger partial charge in [-0.05, 0) is 12.1 Å². The van der Waals surface area contributed by atoms with E-state index in [4.69, 9.17) is 5.26 Å². The Morgan fingerprint density at radius 2 is 2.32 bits per heavy atom. The average molecular weight is 272 g/mol. The molecular formula is C13H12N4OS. The largest absolute Gasteiger partial charge is 0.324 e. The minimum atomic E-state index is -0.142. The average Bonchev–Trinajstić information content (AvgIpc) is 2.83. The molecule has 6 heteroatoms. The number of benzene rings is 1. The minimum Gasteiger partial charge on any atom is -0.324 e. The van der Waals surface area contributed by atoms with E-state index in [1.807, 2.05) is 19.3 Å². The van der Waals surface area contributed by atoms with Gasteiger partial charge in [-0.25, -0.2) is 0 Å². The summed E-state index contributed by atoms with van der Waals surface area (Å²) in [5.74, 6) is 0.141. The summed E-state index contributed by atoms with van der Waals surface area (Å²) in [6, 6.07) is 8.97. The lowest BCUT2D eigenvalue weighted by molar-refractivity contribution is -0.113. The topological polar surface area (TPSA) is 70.7 Å². The van der Waals surface area contributed by atoms with E-state index in [1.54, 1.807) is 35.1 Å². The summed E-state index contributed by atoms with van der Waals surface area (Å²) < 4.78 is 1.69. The number of aryl methyl sites for hydroxylation is 1. The van der Waals surface area contributed by atoms with Crippen LogP contribution in [0.4, 0.5) is 5.69 Å². The van der Waals surface area contributed by atoms with Crippen molar-refractivity contribution in [2.45, 2.75) is 4.90 Å². The van der Waals surface area contributed by atoms with E-state index >= 15 is 0 Å². The summed E-state index contributed by atoms with van der Waals surface area (Å²) in [5, 5.41) is 15.7. The third kappa shape index (κ3) is 3.60. The Kier molecular flexibility index (Phi) is 4.21. The Morgan fingerprint density at radius 3 is 3.00 bits per heavy atom. The summed E-state index contributed by atoms with van der Waals surface area (Å²) >= 11 is 1.40. The lowest BCUT2D eigenvalue weighted by Crippen LogP contribution is -2.14. The zero-order valence-electron chi connectivity index (χ0n) is 10.3. The first-order valence-corrected chi connectivity index (χ1v) is 6.58. The standard InChI is InChI=1S/C13H12N4OS/c1-17-8-11(7-15-17)19-9-13(18)16-12-5-3-2-4-10(12)6-14/h2-5,7-8H,9H2,1H3,(H,16,18). The van der Waals surface area contributed by atoms with Gasteiger partial charge < -0.3 is 5.32 Å². The Labute approximate surface area is 115 Å². The van der Waals surface area contributed by atoms with Crippen molar-refractivity contribution in [1.82, 2.24) is 9.78 Å². The van der Waals surface area contributed by atoms with Gasteiger partial charge in [-0.3, -0.25) is 9.48 Å². The molecule has 5 nitrogen and oxygen atoms in total. The van der Waals surface area contributed by atoms with E-state index in [-0.39, 0.29) is 11.7 Å². The molecule has 0 fully saturated rings. The molecule has 1 N–H and O–H groups in total. The molecule has 0 radical (unpaired) electrons. The Hall–Kier alpha value is -2.26. The molecule has 2 rings (SSSR count). The van der Waals surface area contributed by atoms with Crippen LogP contribution in [0.25, 0.3) is 0 Å². The fraction of sp³-hybridized carbons (Fsp3) is 0.154. The predicted octanol–water partition coefficient (Wildman–Crippen LogP) is 2.02. The van der Waals surface area contributed by atoms with Gasteiger partial charge in [0.25, 0.3) is 0 Å². The molecule has 0 bridgehead atoms. The third-order valence-electron chi connectivity index (χ3n) is 2.37. The molecule has 0 aliphatic heterocycles. The first-order chi connectivity index (χ1) is 9.19. The SMILES string of the molecule is Cn1cc(SCC(=O)Nc2ccccc2C#N)cn1. The van der Waals surface area contributed by atoms with Crippen LogP contribution in [0.15, 0.2) is 41.6 Å². The molecule has 0 aliphatic carbocycles. The van der Waals surface area contributed by atoms with Gasteiger partial charge in [0.1, 0.15) is 6.07 Å². The van der Waals surface area contributed by atoms with Crippen LogP contribution in [0.2, 0.25) is 0 Å². The fourth-order valence-electron chi connectivity index (χ4n) is 1.50. The molecule has 0 saturated heterocycles. The van der Waals surface area contributed by atoms with E-state index < -0.39 is 0 Å². The van der Waals surface area contributed by atoms with Gasteiger partial charge in [-0.2, -0.15) is 10.4 Å². The summed E-state index contributed by atoms with van der Waals surface area (Å²) in [5.41, 5.74) is 1.00. The van der Waals surface area contributed by atoms with Crippen molar-refractivity contribution in [3.8, 4) is 6.07 Å². The van der Waals surface area contributed by atoms with Crippen molar-refractivity contribution in [3.05, 3.63) is 42.2 Å². The Bertz CT molecular complexity index is 630. The normalized spacial score (nSPS) is 9.89. The summed E-state index contributed by atoms with van der Waals surface area (Å²) in [7, 11) is 1.83. The minimum absolute atomic E-state index is 0.142. The van der Waals surface area contributed by atoms with Gasteiger partial charge in [0, 0.05) is 18.1 Å². The maximum Gasteiger partial charge on any atom is 0.234 e. The third-order valence-corrected chi connectivity index (χ3v) is 3.32. The number of carbonyl (C=O) groups excluding carboxylic acids is 1. The molecule has 1 amide bonds. The van der Waals surface area contributed by atoms with E-state index in [1.165, 1.54) is 11.8 Å². The van der Waals surface area contributed by atoms with Crippen molar-refractivity contribution in [2.75, 3.05) is 11.1 Å². The molecule has 0 atom stereocenters.